The first kappa shape index (κ1) is 11.7. The van der Waals surface area contributed by atoms with Gasteiger partial charge in [-0.05, 0) is 6.42 Å². The van der Waals surface area contributed by atoms with Crippen molar-refractivity contribution in [2.75, 3.05) is 0 Å². The van der Waals surface area contributed by atoms with E-state index in [0.717, 1.165) is 23.3 Å². The summed E-state index contributed by atoms with van der Waals surface area (Å²) in [6, 6.07) is 22.8. The van der Waals surface area contributed by atoms with Crippen molar-refractivity contribution in [1.29, 1.82) is 5.26 Å². The van der Waals surface area contributed by atoms with E-state index in [-0.39, 0.29) is 12.0 Å². The zero-order chi connectivity index (χ0) is 13.1. The molecule has 0 aliphatic heterocycles. The summed E-state index contributed by atoms with van der Waals surface area (Å²) in [7, 11) is 0. The Kier molecular flexibility index (Phi) is 3.12. The van der Waals surface area contributed by atoms with Crippen molar-refractivity contribution >= 4 is 5.71 Å². The summed E-state index contributed by atoms with van der Waals surface area (Å²) >= 11 is 0. The predicted octanol–water partition coefficient (Wildman–Crippen LogP) is 3.44. The Bertz CT molecular complexity index is 582. The van der Waals surface area contributed by atoms with Crippen LogP contribution in [0, 0.1) is 17.2 Å². The van der Waals surface area contributed by atoms with Gasteiger partial charge >= 0.3 is 0 Å². The van der Waals surface area contributed by atoms with E-state index < -0.39 is 0 Å². The molecule has 3 rings (SSSR count). The molecule has 19 heavy (non-hydrogen) atoms. The molecule has 0 bridgehead atoms. The van der Waals surface area contributed by atoms with Gasteiger partial charge in [-0.15, -0.1) is 0 Å². The summed E-state index contributed by atoms with van der Waals surface area (Å²) in [6.45, 7) is 0. The first-order valence-corrected chi connectivity index (χ1v) is 6.47. The van der Waals surface area contributed by atoms with Crippen LogP contribution in [-0.2, 0) is 0 Å². The Morgan fingerprint density at radius 2 is 1.47 bits per heavy atom. The molecule has 0 aromatic heterocycles. The van der Waals surface area contributed by atoms with E-state index in [1.807, 2.05) is 36.4 Å². The second-order valence-electron chi connectivity index (χ2n) is 4.75. The molecule has 0 saturated heterocycles. The number of rotatable bonds is 3. The monoisotopic (exact) mass is 246 g/mol. The van der Waals surface area contributed by atoms with Crippen LogP contribution in [0.2, 0.25) is 0 Å². The average molecular weight is 246 g/mol. The molecule has 1 saturated carbocycles. The highest BCUT2D eigenvalue weighted by molar-refractivity contribution is 6.13. The third-order valence-corrected chi connectivity index (χ3v) is 3.31. The minimum absolute atomic E-state index is 0.0995. The van der Waals surface area contributed by atoms with Crippen LogP contribution in [0.1, 0.15) is 17.5 Å². The van der Waals surface area contributed by atoms with Gasteiger partial charge in [-0.2, -0.15) is 5.26 Å². The van der Waals surface area contributed by atoms with Crippen molar-refractivity contribution in [3.05, 3.63) is 71.8 Å². The van der Waals surface area contributed by atoms with Gasteiger partial charge in [0.15, 0.2) is 0 Å². The second-order valence-corrected chi connectivity index (χ2v) is 4.75. The Morgan fingerprint density at radius 3 is 1.89 bits per heavy atom. The van der Waals surface area contributed by atoms with Crippen LogP contribution in [0.4, 0.5) is 0 Å². The van der Waals surface area contributed by atoms with Gasteiger partial charge in [-0.25, -0.2) is 0 Å². The van der Waals surface area contributed by atoms with E-state index in [4.69, 9.17) is 10.3 Å². The van der Waals surface area contributed by atoms with Crippen molar-refractivity contribution in [2.45, 2.75) is 12.5 Å². The molecule has 0 spiro atoms. The molecule has 92 valence electrons. The quantitative estimate of drug-likeness (QED) is 0.764. The molecule has 2 atom stereocenters. The van der Waals surface area contributed by atoms with Crippen molar-refractivity contribution in [3.8, 4) is 6.07 Å². The van der Waals surface area contributed by atoms with Gasteiger partial charge in [0, 0.05) is 11.1 Å². The number of aliphatic imine (C=N–C) groups is 1. The molecule has 2 aromatic carbocycles. The van der Waals surface area contributed by atoms with Crippen molar-refractivity contribution in [3.63, 3.8) is 0 Å². The first-order chi connectivity index (χ1) is 9.38. The number of nitriles is 1. The number of nitrogens with zero attached hydrogens (tertiary/aromatic N) is 2. The minimum atomic E-state index is 0.0995. The largest absolute Gasteiger partial charge is 0.279 e. The fourth-order valence-corrected chi connectivity index (χ4v) is 2.14. The molecule has 0 amide bonds. The molecular weight excluding hydrogens is 232 g/mol. The van der Waals surface area contributed by atoms with Crippen LogP contribution >= 0.6 is 0 Å². The molecule has 2 aromatic rings. The molecule has 1 aliphatic rings. The lowest BCUT2D eigenvalue weighted by atomic mass is 10.0. The molecule has 1 aliphatic carbocycles. The lowest BCUT2D eigenvalue weighted by Gasteiger charge is -2.07. The predicted molar refractivity (Wildman–Crippen MR) is 76.0 cm³/mol. The van der Waals surface area contributed by atoms with E-state index >= 15 is 0 Å². The average Bonchev–Trinajstić information content (AvgIpc) is 3.25. The smallest absolute Gasteiger partial charge is 0.0722 e. The maximum absolute atomic E-state index is 8.91. The molecular formula is C17H14N2. The zero-order valence-corrected chi connectivity index (χ0v) is 10.5. The number of benzene rings is 2. The highest BCUT2D eigenvalue weighted by atomic mass is 14.9. The summed E-state index contributed by atoms with van der Waals surface area (Å²) in [5.74, 6) is 0.0995. The second kappa shape index (κ2) is 5.07. The Balaban J connectivity index is 2.00. The molecule has 2 nitrogen and oxygen atoms in total. The standard InChI is InChI=1S/C17H14N2/c18-12-15-11-16(15)19-17(13-7-3-1-4-8-13)14-9-5-2-6-10-14/h1-10,15-16H,11H2/t15-,16+/m1/s1. The van der Waals surface area contributed by atoms with Crippen LogP contribution < -0.4 is 0 Å². The third-order valence-electron chi connectivity index (χ3n) is 3.31. The highest BCUT2D eigenvalue weighted by Crippen LogP contribution is 2.34. The van der Waals surface area contributed by atoms with Gasteiger partial charge in [-0.3, -0.25) is 4.99 Å². The first-order valence-electron chi connectivity index (χ1n) is 6.47. The van der Waals surface area contributed by atoms with Crippen LogP contribution in [-0.4, -0.2) is 11.8 Å². The Hall–Kier alpha value is -2.40. The lowest BCUT2D eigenvalue weighted by molar-refractivity contribution is 0.985. The number of hydrogen-bond donors (Lipinski definition) is 0. The number of hydrogen-bond acceptors (Lipinski definition) is 2. The molecule has 0 heterocycles. The van der Waals surface area contributed by atoms with Gasteiger partial charge < -0.3 is 0 Å². The van der Waals surface area contributed by atoms with Crippen LogP contribution in [0.3, 0.4) is 0 Å². The molecule has 1 fully saturated rings. The molecule has 0 unspecified atom stereocenters. The highest BCUT2D eigenvalue weighted by Gasteiger charge is 2.37. The van der Waals surface area contributed by atoms with E-state index in [1.165, 1.54) is 0 Å². The van der Waals surface area contributed by atoms with Gasteiger partial charge in [0.25, 0.3) is 0 Å². The van der Waals surface area contributed by atoms with Crippen molar-refractivity contribution in [2.24, 2.45) is 10.9 Å². The molecule has 0 radical (unpaired) electrons. The Morgan fingerprint density at radius 1 is 0.947 bits per heavy atom. The summed E-state index contributed by atoms with van der Waals surface area (Å²) in [4.78, 5) is 4.77. The third kappa shape index (κ3) is 2.56. The van der Waals surface area contributed by atoms with E-state index in [9.17, 15) is 0 Å². The minimum Gasteiger partial charge on any atom is -0.279 e. The van der Waals surface area contributed by atoms with E-state index in [1.54, 1.807) is 0 Å². The van der Waals surface area contributed by atoms with Crippen molar-refractivity contribution < 1.29 is 0 Å². The normalized spacial score (nSPS) is 20.4. The lowest BCUT2D eigenvalue weighted by Crippen LogP contribution is -2.05. The van der Waals surface area contributed by atoms with Gasteiger partial charge in [0.05, 0.1) is 23.7 Å². The van der Waals surface area contributed by atoms with E-state index in [2.05, 4.69) is 30.3 Å². The van der Waals surface area contributed by atoms with Crippen LogP contribution in [0.5, 0.6) is 0 Å². The Labute approximate surface area is 113 Å². The fourth-order valence-electron chi connectivity index (χ4n) is 2.14. The molecule has 2 heteroatoms. The van der Waals surface area contributed by atoms with Crippen LogP contribution in [0.25, 0.3) is 0 Å². The summed E-state index contributed by atoms with van der Waals surface area (Å²) in [6.07, 6.45) is 0.889. The van der Waals surface area contributed by atoms with Gasteiger partial charge in [-0.1, -0.05) is 60.7 Å². The van der Waals surface area contributed by atoms with E-state index in [0.29, 0.717) is 0 Å². The van der Waals surface area contributed by atoms with Gasteiger partial charge in [0.1, 0.15) is 0 Å². The van der Waals surface area contributed by atoms with Crippen LogP contribution in [0.15, 0.2) is 65.7 Å². The summed E-state index contributed by atoms with van der Waals surface area (Å²) in [5.41, 5.74) is 3.21. The topological polar surface area (TPSA) is 36.1 Å². The summed E-state index contributed by atoms with van der Waals surface area (Å²) in [5, 5.41) is 8.91. The fraction of sp³-hybridized carbons (Fsp3) is 0.176. The maximum Gasteiger partial charge on any atom is 0.0722 e. The summed E-state index contributed by atoms with van der Waals surface area (Å²) < 4.78 is 0. The maximum atomic E-state index is 8.91. The van der Waals surface area contributed by atoms with Crippen molar-refractivity contribution in [1.82, 2.24) is 0 Å². The zero-order valence-electron chi connectivity index (χ0n) is 10.5. The SMILES string of the molecule is N#C[C@H]1C[C@@H]1N=C(c1ccccc1)c1ccccc1. The molecule has 0 N–H and O–H groups in total. The van der Waals surface area contributed by atoms with Gasteiger partial charge in [0.2, 0.25) is 0 Å².